The summed E-state index contributed by atoms with van der Waals surface area (Å²) in [6.45, 7) is 2.24. The van der Waals surface area contributed by atoms with Crippen LogP contribution in [0, 0.1) is 5.92 Å². The summed E-state index contributed by atoms with van der Waals surface area (Å²) in [5, 5.41) is 14.8. The van der Waals surface area contributed by atoms with Crippen molar-refractivity contribution in [3.8, 4) is 0 Å². The molecule has 1 aliphatic rings. The maximum atomic E-state index is 10.5. The van der Waals surface area contributed by atoms with E-state index in [-0.39, 0.29) is 0 Å². The largest absolute Gasteiger partial charge is 0.389 e. The lowest BCUT2D eigenvalue weighted by Gasteiger charge is -2.35. The number of hydrogen-bond donors (Lipinski definition) is 1. The van der Waals surface area contributed by atoms with E-state index in [2.05, 4.69) is 12.0 Å². The van der Waals surface area contributed by atoms with Crippen LogP contribution in [0.5, 0.6) is 0 Å². The van der Waals surface area contributed by atoms with Crippen molar-refractivity contribution >= 4 is 0 Å². The first kappa shape index (κ1) is 11.6. The van der Waals surface area contributed by atoms with Gasteiger partial charge in [0.1, 0.15) is 0 Å². The standard InChI is InChI=1S/C13H22N2O/c1-3-11-4-7-13(16,8-5-11)10-12-6-9-15(2)14-12/h6,9,11,16H,3-5,7-8,10H2,1-2H3. The van der Waals surface area contributed by atoms with E-state index in [4.69, 9.17) is 0 Å². The highest BCUT2D eigenvalue weighted by Gasteiger charge is 2.33. The maximum absolute atomic E-state index is 10.5. The van der Waals surface area contributed by atoms with Crippen molar-refractivity contribution in [3.63, 3.8) is 0 Å². The minimum absolute atomic E-state index is 0.500. The smallest absolute Gasteiger partial charge is 0.0703 e. The van der Waals surface area contributed by atoms with E-state index < -0.39 is 5.60 Å². The van der Waals surface area contributed by atoms with Gasteiger partial charge in [-0.05, 0) is 37.7 Å². The number of aromatic nitrogens is 2. The molecule has 0 bridgehead atoms. The van der Waals surface area contributed by atoms with Gasteiger partial charge in [-0.2, -0.15) is 5.10 Å². The van der Waals surface area contributed by atoms with Gasteiger partial charge >= 0.3 is 0 Å². The minimum Gasteiger partial charge on any atom is -0.389 e. The lowest BCUT2D eigenvalue weighted by atomic mass is 9.76. The SMILES string of the molecule is CCC1CCC(O)(Cc2ccn(C)n2)CC1. The average molecular weight is 222 g/mol. The van der Waals surface area contributed by atoms with E-state index >= 15 is 0 Å². The van der Waals surface area contributed by atoms with Gasteiger partial charge < -0.3 is 5.11 Å². The number of aryl methyl sites for hydroxylation is 1. The van der Waals surface area contributed by atoms with Gasteiger partial charge in [0.2, 0.25) is 0 Å². The molecule has 2 rings (SSSR count). The molecule has 0 amide bonds. The first-order valence-electron chi connectivity index (χ1n) is 6.32. The van der Waals surface area contributed by atoms with Crippen molar-refractivity contribution in [2.75, 3.05) is 0 Å². The van der Waals surface area contributed by atoms with Gasteiger partial charge in [-0.25, -0.2) is 0 Å². The molecule has 1 aromatic rings. The molecule has 1 N–H and O–H groups in total. The molecule has 1 aliphatic carbocycles. The molecular weight excluding hydrogens is 200 g/mol. The van der Waals surface area contributed by atoms with Crippen molar-refractivity contribution in [1.82, 2.24) is 9.78 Å². The van der Waals surface area contributed by atoms with Gasteiger partial charge in [0.25, 0.3) is 0 Å². The Labute approximate surface area is 97.5 Å². The highest BCUT2D eigenvalue weighted by atomic mass is 16.3. The minimum atomic E-state index is -0.500. The zero-order chi connectivity index (χ0) is 11.6. The van der Waals surface area contributed by atoms with Gasteiger partial charge in [-0.15, -0.1) is 0 Å². The topological polar surface area (TPSA) is 38.0 Å². The van der Waals surface area contributed by atoms with Crippen LogP contribution in [-0.4, -0.2) is 20.5 Å². The molecule has 3 nitrogen and oxygen atoms in total. The van der Waals surface area contributed by atoms with Crippen molar-refractivity contribution in [2.45, 2.75) is 51.0 Å². The van der Waals surface area contributed by atoms with E-state index in [0.717, 1.165) is 24.5 Å². The monoisotopic (exact) mass is 222 g/mol. The maximum Gasteiger partial charge on any atom is 0.0703 e. The fourth-order valence-electron chi connectivity index (χ4n) is 2.69. The van der Waals surface area contributed by atoms with Gasteiger partial charge in [0, 0.05) is 19.7 Å². The molecule has 3 heteroatoms. The molecule has 0 spiro atoms. The Bertz CT molecular complexity index is 337. The second kappa shape index (κ2) is 4.58. The van der Waals surface area contributed by atoms with Crippen LogP contribution >= 0.6 is 0 Å². The molecule has 0 aliphatic heterocycles. The second-order valence-corrected chi connectivity index (χ2v) is 5.23. The lowest BCUT2D eigenvalue weighted by Crippen LogP contribution is -2.36. The number of aliphatic hydroxyl groups is 1. The van der Waals surface area contributed by atoms with Crippen LogP contribution in [-0.2, 0) is 13.5 Å². The Kier molecular flexibility index (Phi) is 3.33. The van der Waals surface area contributed by atoms with E-state index in [1.165, 1.54) is 19.3 Å². The molecular formula is C13H22N2O. The Hall–Kier alpha value is -0.830. The van der Waals surface area contributed by atoms with E-state index in [0.29, 0.717) is 6.42 Å². The van der Waals surface area contributed by atoms with Crippen LogP contribution in [0.25, 0.3) is 0 Å². The van der Waals surface area contributed by atoms with Crippen LogP contribution in [0.1, 0.15) is 44.7 Å². The zero-order valence-electron chi connectivity index (χ0n) is 10.3. The van der Waals surface area contributed by atoms with Crippen molar-refractivity contribution in [2.24, 2.45) is 13.0 Å². The summed E-state index contributed by atoms with van der Waals surface area (Å²) >= 11 is 0. The van der Waals surface area contributed by atoms with Gasteiger partial charge in [-0.3, -0.25) is 4.68 Å². The van der Waals surface area contributed by atoms with Crippen molar-refractivity contribution in [1.29, 1.82) is 0 Å². The third-order valence-electron chi connectivity index (χ3n) is 3.89. The predicted molar refractivity (Wildman–Crippen MR) is 64.1 cm³/mol. The van der Waals surface area contributed by atoms with Crippen molar-refractivity contribution in [3.05, 3.63) is 18.0 Å². The Morgan fingerprint density at radius 2 is 2.19 bits per heavy atom. The third-order valence-corrected chi connectivity index (χ3v) is 3.89. The fraction of sp³-hybridized carbons (Fsp3) is 0.769. The average Bonchev–Trinajstić information content (AvgIpc) is 2.64. The summed E-state index contributed by atoms with van der Waals surface area (Å²) in [4.78, 5) is 0. The van der Waals surface area contributed by atoms with Gasteiger partial charge in [0.05, 0.1) is 11.3 Å². The Balaban J connectivity index is 1.94. The summed E-state index contributed by atoms with van der Waals surface area (Å²) in [5.41, 5.74) is 0.514. The molecule has 1 heterocycles. The molecule has 16 heavy (non-hydrogen) atoms. The molecule has 90 valence electrons. The molecule has 1 aromatic heterocycles. The number of rotatable bonds is 3. The van der Waals surface area contributed by atoms with Crippen LogP contribution < -0.4 is 0 Å². The van der Waals surface area contributed by atoms with E-state index in [1.54, 1.807) is 4.68 Å². The summed E-state index contributed by atoms with van der Waals surface area (Å²) in [6, 6.07) is 2.00. The summed E-state index contributed by atoms with van der Waals surface area (Å²) in [5.74, 6) is 0.823. The molecule has 0 unspecified atom stereocenters. The van der Waals surface area contributed by atoms with E-state index in [1.807, 2.05) is 19.3 Å². The molecule has 1 fully saturated rings. The Morgan fingerprint density at radius 3 is 2.69 bits per heavy atom. The molecule has 0 aromatic carbocycles. The van der Waals surface area contributed by atoms with Crippen LogP contribution in [0.3, 0.4) is 0 Å². The van der Waals surface area contributed by atoms with Crippen LogP contribution in [0.4, 0.5) is 0 Å². The predicted octanol–water partition coefficient (Wildman–Crippen LogP) is 2.29. The second-order valence-electron chi connectivity index (χ2n) is 5.23. The van der Waals surface area contributed by atoms with Crippen molar-refractivity contribution < 1.29 is 5.11 Å². The number of nitrogens with zero attached hydrogens (tertiary/aromatic N) is 2. The molecule has 1 saturated carbocycles. The summed E-state index contributed by atoms with van der Waals surface area (Å²) in [7, 11) is 1.92. The quantitative estimate of drug-likeness (QED) is 0.852. The molecule has 0 saturated heterocycles. The van der Waals surface area contributed by atoms with Gasteiger partial charge in [-0.1, -0.05) is 13.3 Å². The fourth-order valence-corrected chi connectivity index (χ4v) is 2.69. The van der Waals surface area contributed by atoms with Crippen LogP contribution in [0.15, 0.2) is 12.3 Å². The third kappa shape index (κ3) is 2.64. The summed E-state index contributed by atoms with van der Waals surface area (Å²) < 4.78 is 1.80. The highest BCUT2D eigenvalue weighted by Crippen LogP contribution is 2.35. The van der Waals surface area contributed by atoms with Crippen LogP contribution in [0.2, 0.25) is 0 Å². The lowest BCUT2D eigenvalue weighted by molar-refractivity contribution is -0.0100. The Morgan fingerprint density at radius 1 is 1.50 bits per heavy atom. The molecule has 0 radical (unpaired) electrons. The first-order chi connectivity index (χ1) is 7.61. The summed E-state index contributed by atoms with van der Waals surface area (Å²) in [6.07, 6.45) is 8.10. The highest BCUT2D eigenvalue weighted by molar-refractivity contribution is 5.04. The van der Waals surface area contributed by atoms with Gasteiger partial charge in [0.15, 0.2) is 0 Å². The zero-order valence-corrected chi connectivity index (χ0v) is 10.3. The number of hydrogen-bond acceptors (Lipinski definition) is 2. The van der Waals surface area contributed by atoms with E-state index in [9.17, 15) is 5.11 Å². The normalized spacial score (nSPS) is 30.6. The molecule has 0 atom stereocenters. The first-order valence-corrected chi connectivity index (χ1v) is 6.32.